The summed E-state index contributed by atoms with van der Waals surface area (Å²) in [7, 11) is 1.68. The molecule has 1 aromatic carbocycles. The second-order valence-electron chi connectivity index (χ2n) is 5.27. The average molecular weight is 306 g/mol. The van der Waals surface area contributed by atoms with Gasteiger partial charge in [-0.1, -0.05) is 6.07 Å². The minimum absolute atomic E-state index is 0.336. The van der Waals surface area contributed by atoms with E-state index in [4.69, 9.17) is 20.4 Å². The Morgan fingerprint density at radius 3 is 2.48 bits per heavy atom. The third-order valence-electron chi connectivity index (χ3n) is 3.98. The summed E-state index contributed by atoms with van der Waals surface area (Å²) < 4.78 is 12.3. The highest BCUT2D eigenvalue weighted by atomic mass is 35.5. The molecule has 0 saturated carbocycles. The fourth-order valence-electron chi connectivity index (χ4n) is 2.66. The van der Waals surface area contributed by atoms with Gasteiger partial charge in [0.15, 0.2) is 5.58 Å². The second-order valence-corrected chi connectivity index (χ2v) is 5.71. The highest BCUT2D eigenvalue weighted by Crippen LogP contribution is 2.36. The maximum Gasteiger partial charge on any atom is 0.419 e. The molecular formula is C16H16ClNO3. The maximum atomic E-state index is 11.5. The van der Waals surface area contributed by atoms with Gasteiger partial charge in [0.2, 0.25) is 0 Å². The first-order chi connectivity index (χ1) is 9.90. The Morgan fingerprint density at radius 1 is 1.14 bits per heavy atom. The van der Waals surface area contributed by atoms with Crippen LogP contribution in [0.15, 0.2) is 31.8 Å². The number of oxazole rings is 1. The molecule has 0 fully saturated rings. The molecule has 0 aliphatic heterocycles. The van der Waals surface area contributed by atoms with Gasteiger partial charge in [0, 0.05) is 12.6 Å². The van der Waals surface area contributed by atoms with Crippen molar-refractivity contribution < 1.29 is 8.83 Å². The standard InChI is InChI=1S/C16H16ClNO3/c1-8-9(2)20-10(3)14(8)15(17)11-5-6-12-13(7-11)21-16(19)18(12)4/h5-7,15H,1-4H3. The van der Waals surface area contributed by atoms with Crippen LogP contribution in [-0.2, 0) is 7.05 Å². The molecule has 0 aliphatic carbocycles. The number of aryl methyl sites for hydroxylation is 3. The normalized spacial score (nSPS) is 13.0. The number of rotatable bonds is 2. The van der Waals surface area contributed by atoms with E-state index in [2.05, 4.69) is 0 Å². The minimum atomic E-state index is -0.375. The predicted octanol–water partition coefficient (Wildman–Crippen LogP) is 3.98. The lowest BCUT2D eigenvalue weighted by Crippen LogP contribution is -2.08. The Morgan fingerprint density at radius 2 is 1.86 bits per heavy atom. The Bertz CT molecular complexity index is 885. The summed E-state index contributed by atoms with van der Waals surface area (Å²) in [6.45, 7) is 5.83. The van der Waals surface area contributed by atoms with Crippen LogP contribution in [0.2, 0.25) is 0 Å². The van der Waals surface area contributed by atoms with E-state index in [9.17, 15) is 4.79 Å². The van der Waals surface area contributed by atoms with Crippen molar-refractivity contribution in [2.45, 2.75) is 26.1 Å². The largest absolute Gasteiger partial charge is 0.466 e. The van der Waals surface area contributed by atoms with Crippen LogP contribution in [0.5, 0.6) is 0 Å². The molecule has 2 heterocycles. The van der Waals surface area contributed by atoms with Crippen LogP contribution in [0.3, 0.4) is 0 Å². The van der Waals surface area contributed by atoms with E-state index in [1.54, 1.807) is 7.05 Å². The maximum absolute atomic E-state index is 11.5. The van der Waals surface area contributed by atoms with Gasteiger partial charge in [0.1, 0.15) is 11.5 Å². The summed E-state index contributed by atoms with van der Waals surface area (Å²) in [5, 5.41) is -0.336. The number of fused-ring (bicyclic) bond motifs is 1. The van der Waals surface area contributed by atoms with Crippen LogP contribution in [0.25, 0.3) is 11.1 Å². The van der Waals surface area contributed by atoms with Crippen molar-refractivity contribution in [1.82, 2.24) is 4.57 Å². The van der Waals surface area contributed by atoms with Crippen LogP contribution >= 0.6 is 11.6 Å². The Balaban J connectivity index is 2.13. The van der Waals surface area contributed by atoms with Gasteiger partial charge in [-0.25, -0.2) is 4.79 Å². The molecule has 4 nitrogen and oxygen atoms in total. The number of nitrogens with zero attached hydrogens (tertiary/aromatic N) is 1. The molecule has 0 amide bonds. The van der Waals surface area contributed by atoms with Crippen LogP contribution in [0.1, 0.15) is 33.6 Å². The van der Waals surface area contributed by atoms with Gasteiger partial charge in [-0.15, -0.1) is 11.6 Å². The predicted molar refractivity (Wildman–Crippen MR) is 82.1 cm³/mol. The molecule has 0 saturated heterocycles. The Kier molecular flexibility index (Phi) is 3.21. The first-order valence-corrected chi connectivity index (χ1v) is 7.14. The van der Waals surface area contributed by atoms with Crippen molar-refractivity contribution in [3.8, 4) is 0 Å². The van der Waals surface area contributed by atoms with E-state index >= 15 is 0 Å². The summed E-state index contributed by atoms with van der Waals surface area (Å²) in [4.78, 5) is 11.5. The number of hydrogen-bond donors (Lipinski definition) is 0. The van der Waals surface area contributed by atoms with E-state index in [0.29, 0.717) is 5.58 Å². The van der Waals surface area contributed by atoms with E-state index in [-0.39, 0.29) is 11.1 Å². The molecule has 1 unspecified atom stereocenters. The lowest BCUT2D eigenvalue weighted by atomic mass is 10.0. The molecular weight excluding hydrogens is 290 g/mol. The van der Waals surface area contributed by atoms with Crippen molar-refractivity contribution in [3.05, 3.63) is 57.0 Å². The lowest BCUT2D eigenvalue weighted by Gasteiger charge is -2.10. The van der Waals surface area contributed by atoms with Gasteiger partial charge in [0.05, 0.1) is 10.9 Å². The molecule has 110 valence electrons. The fraction of sp³-hybridized carbons (Fsp3) is 0.312. The van der Waals surface area contributed by atoms with E-state index in [1.807, 2.05) is 39.0 Å². The van der Waals surface area contributed by atoms with Gasteiger partial charge in [-0.2, -0.15) is 0 Å². The molecule has 3 rings (SSSR count). The van der Waals surface area contributed by atoms with E-state index in [0.717, 1.165) is 33.7 Å². The van der Waals surface area contributed by atoms with Crippen molar-refractivity contribution in [2.24, 2.45) is 7.05 Å². The highest BCUT2D eigenvalue weighted by molar-refractivity contribution is 6.23. The highest BCUT2D eigenvalue weighted by Gasteiger charge is 2.21. The third-order valence-corrected chi connectivity index (χ3v) is 4.45. The molecule has 0 radical (unpaired) electrons. The molecule has 5 heteroatoms. The average Bonchev–Trinajstić information content (AvgIpc) is 2.86. The monoisotopic (exact) mass is 305 g/mol. The molecule has 0 aliphatic rings. The summed E-state index contributed by atoms with van der Waals surface area (Å²) in [6, 6.07) is 5.58. The van der Waals surface area contributed by atoms with Crippen LogP contribution in [-0.4, -0.2) is 4.57 Å². The smallest absolute Gasteiger partial charge is 0.419 e. The quantitative estimate of drug-likeness (QED) is 0.673. The second kappa shape index (κ2) is 4.81. The molecule has 0 N–H and O–H groups in total. The van der Waals surface area contributed by atoms with Gasteiger partial charge in [-0.05, 0) is 44.0 Å². The molecule has 1 atom stereocenters. The Hall–Kier alpha value is -1.94. The third kappa shape index (κ3) is 2.10. The summed E-state index contributed by atoms with van der Waals surface area (Å²) in [5.74, 6) is 1.32. The molecule has 21 heavy (non-hydrogen) atoms. The van der Waals surface area contributed by atoms with Crippen LogP contribution in [0, 0.1) is 20.8 Å². The van der Waals surface area contributed by atoms with Crippen LogP contribution < -0.4 is 5.76 Å². The zero-order valence-electron chi connectivity index (χ0n) is 12.4. The zero-order chi connectivity index (χ0) is 15.3. The van der Waals surface area contributed by atoms with E-state index < -0.39 is 0 Å². The number of hydrogen-bond acceptors (Lipinski definition) is 3. The number of aromatic nitrogens is 1. The Labute approximate surface area is 126 Å². The first-order valence-electron chi connectivity index (χ1n) is 6.70. The zero-order valence-corrected chi connectivity index (χ0v) is 13.1. The van der Waals surface area contributed by atoms with Gasteiger partial charge >= 0.3 is 5.76 Å². The van der Waals surface area contributed by atoms with E-state index in [1.165, 1.54) is 4.57 Å². The SMILES string of the molecule is Cc1oc(C)c(C(Cl)c2ccc3c(c2)oc(=O)n3C)c1C. The topological polar surface area (TPSA) is 48.3 Å². The summed E-state index contributed by atoms with van der Waals surface area (Å²) >= 11 is 6.62. The van der Waals surface area contributed by atoms with Crippen molar-refractivity contribution in [2.75, 3.05) is 0 Å². The fourth-order valence-corrected chi connectivity index (χ4v) is 3.11. The molecule has 0 bridgehead atoms. The van der Waals surface area contributed by atoms with Crippen molar-refractivity contribution in [1.29, 1.82) is 0 Å². The number of benzene rings is 1. The number of alkyl halides is 1. The van der Waals surface area contributed by atoms with Crippen LogP contribution in [0.4, 0.5) is 0 Å². The summed E-state index contributed by atoms with van der Waals surface area (Å²) in [6.07, 6.45) is 0. The summed E-state index contributed by atoms with van der Waals surface area (Å²) in [5.41, 5.74) is 4.21. The van der Waals surface area contributed by atoms with Gasteiger partial charge < -0.3 is 8.83 Å². The number of furan rings is 1. The molecule has 0 spiro atoms. The number of halogens is 1. The molecule has 3 aromatic rings. The lowest BCUT2D eigenvalue weighted by molar-refractivity contribution is 0.500. The van der Waals surface area contributed by atoms with Gasteiger partial charge in [-0.3, -0.25) is 4.57 Å². The van der Waals surface area contributed by atoms with Crippen molar-refractivity contribution >= 4 is 22.7 Å². The molecule has 2 aromatic heterocycles. The van der Waals surface area contributed by atoms with Crippen molar-refractivity contribution in [3.63, 3.8) is 0 Å². The minimum Gasteiger partial charge on any atom is -0.466 e. The van der Waals surface area contributed by atoms with Gasteiger partial charge in [0.25, 0.3) is 0 Å². The first kappa shape index (κ1) is 14.0.